The number of aliphatic hydroxyl groups excluding tert-OH is 1. The van der Waals surface area contributed by atoms with Crippen LogP contribution in [-0.4, -0.2) is 37.9 Å². The number of aromatic nitrogens is 2. The minimum Gasteiger partial charge on any atom is -0.471 e. The van der Waals surface area contributed by atoms with Gasteiger partial charge in [-0.3, -0.25) is 4.90 Å². The second kappa shape index (κ2) is 8.03. The van der Waals surface area contributed by atoms with E-state index >= 15 is 0 Å². The van der Waals surface area contributed by atoms with Crippen LogP contribution in [0.25, 0.3) is 0 Å². The number of aliphatic hydroxyl groups is 1. The second-order valence-electron chi connectivity index (χ2n) is 7.54. The van der Waals surface area contributed by atoms with Gasteiger partial charge in [-0.15, -0.1) is 4.37 Å². The molecule has 5 nitrogen and oxygen atoms in total. The van der Waals surface area contributed by atoms with E-state index in [0.717, 1.165) is 43.6 Å². The van der Waals surface area contributed by atoms with Gasteiger partial charge in [0.1, 0.15) is 12.3 Å². The van der Waals surface area contributed by atoms with E-state index in [9.17, 15) is 5.11 Å². The Hall–Kier alpha value is -1.50. The van der Waals surface area contributed by atoms with Gasteiger partial charge >= 0.3 is 0 Å². The standard InChI is InChI=1S/C20H27N3O2S/c1-2-3-4-14-5-7-15(8-6-14)13-25-20-19(21-26-22-20)17-10-9-16-11-23(17)12-18(16)24/h5-8,16-18,24H,2-4,9-13H2,1H3. The zero-order valence-electron chi connectivity index (χ0n) is 15.3. The monoisotopic (exact) mass is 373 g/mol. The molecule has 1 aromatic heterocycles. The summed E-state index contributed by atoms with van der Waals surface area (Å²) >= 11 is 1.22. The van der Waals surface area contributed by atoms with Crippen molar-refractivity contribution in [1.29, 1.82) is 0 Å². The lowest BCUT2D eigenvalue weighted by atomic mass is 9.93. The zero-order chi connectivity index (χ0) is 17.9. The van der Waals surface area contributed by atoms with E-state index in [1.165, 1.54) is 30.1 Å². The van der Waals surface area contributed by atoms with Crippen molar-refractivity contribution in [3.63, 3.8) is 0 Å². The van der Waals surface area contributed by atoms with Crippen molar-refractivity contribution in [3.05, 3.63) is 41.1 Å². The highest BCUT2D eigenvalue weighted by Crippen LogP contribution is 2.41. The molecule has 2 aromatic rings. The average molecular weight is 374 g/mol. The number of fused-ring (bicyclic) bond motifs is 2. The van der Waals surface area contributed by atoms with Crippen LogP contribution in [0.15, 0.2) is 24.3 Å². The van der Waals surface area contributed by atoms with E-state index in [1.807, 2.05) is 0 Å². The summed E-state index contributed by atoms with van der Waals surface area (Å²) in [6, 6.07) is 8.91. The van der Waals surface area contributed by atoms with Gasteiger partial charge in [-0.05, 0) is 42.7 Å². The molecule has 4 unspecified atom stereocenters. The van der Waals surface area contributed by atoms with Crippen LogP contribution in [0.2, 0.25) is 0 Å². The Labute approximate surface area is 159 Å². The minimum atomic E-state index is -0.192. The smallest absolute Gasteiger partial charge is 0.251 e. The summed E-state index contributed by atoms with van der Waals surface area (Å²) in [5.41, 5.74) is 3.49. The molecule has 0 saturated carbocycles. The minimum absolute atomic E-state index is 0.192. The maximum absolute atomic E-state index is 10.1. The number of benzene rings is 1. The molecule has 0 aliphatic carbocycles. The van der Waals surface area contributed by atoms with Gasteiger partial charge in [-0.25, -0.2) is 0 Å². The number of unbranched alkanes of at least 4 members (excludes halogenated alkanes) is 1. The average Bonchev–Trinajstić information content (AvgIpc) is 3.24. The van der Waals surface area contributed by atoms with Crippen molar-refractivity contribution in [2.45, 2.75) is 57.8 Å². The molecule has 26 heavy (non-hydrogen) atoms. The SMILES string of the molecule is CCCCc1ccc(COc2nsnc2C2CCC3CN2CC3O)cc1. The van der Waals surface area contributed by atoms with E-state index in [2.05, 4.69) is 44.8 Å². The van der Waals surface area contributed by atoms with Crippen molar-refractivity contribution < 1.29 is 9.84 Å². The predicted octanol–water partition coefficient (Wildman–Crippen LogP) is 3.59. The van der Waals surface area contributed by atoms with Gasteiger partial charge in [0.25, 0.3) is 5.88 Å². The lowest BCUT2D eigenvalue weighted by Gasteiger charge is -2.30. The first-order valence-corrected chi connectivity index (χ1v) is 10.4. The highest BCUT2D eigenvalue weighted by molar-refractivity contribution is 6.99. The van der Waals surface area contributed by atoms with E-state index in [-0.39, 0.29) is 12.1 Å². The van der Waals surface area contributed by atoms with Crippen LogP contribution in [0, 0.1) is 5.92 Å². The molecule has 4 atom stereocenters. The molecule has 0 amide bonds. The van der Waals surface area contributed by atoms with Gasteiger partial charge < -0.3 is 9.84 Å². The number of hydrogen-bond acceptors (Lipinski definition) is 6. The molecule has 3 heterocycles. The Balaban J connectivity index is 1.38. The van der Waals surface area contributed by atoms with Gasteiger partial charge in [-0.2, -0.15) is 4.37 Å². The predicted molar refractivity (Wildman–Crippen MR) is 102 cm³/mol. The fourth-order valence-electron chi connectivity index (χ4n) is 4.11. The maximum Gasteiger partial charge on any atom is 0.251 e. The first kappa shape index (κ1) is 17.9. The number of aryl methyl sites for hydroxylation is 1. The fourth-order valence-corrected chi connectivity index (χ4v) is 4.66. The van der Waals surface area contributed by atoms with Gasteiger partial charge in [-0.1, -0.05) is 37.6 Å². The van der Waals surface area contributed by atoms with Crippen molar-refractivity contribution in [3.8, 4) is 5.88 Å². The summed E-state index contributed by atoms with van der Waals surface area (Å²) in [4.78, 5) is 2.34. The van der Waals surface area contributed by atoms with Crippen LogP contribution in [0.5, 0.6) is 5.88 Å². The lowest BCUT2D eigenvalue weighted by molar-refractivity contribution is 0.144. The Morgan fingerprint density at radius 1 is 1.15 bits per heavy atom. The number of hydrogen-bond donors (Lipinski definition) is 1. The summed E-state index contributed by atoms with van der Waals surface area (Å²) in [6.45, 7) is 4.44. The highest BCUT2D eigenvalue weighted by atomic mass is 32.1. The van der Waals surface area contributed by atoms with Gasteiger partial charge in [0.15, 0.2) is 0 Å². The first-order valence-electron chi connectivity index (χ1n) is 9.69. The highest BCUT2D eigenvalue weighted by Gasteiger charge is 2.42. The number of ether oxygens (including phenoxy) is 1. The molecule has 1 aromatic carbocycles. The Kier molecular flexibility index (Phi) is 5.52. The molecule has 140 valence electrons. The van der Waals surface area contributed by atoms with Crippen LogP contribution >= 0.6 is 11.7 Å². The third-order valence-corrected chi connectivity index (χ3v) is 6.23. The molecule has 4 rings (SSSR count). The van der Waals surface area contributed by atoms with Gasteiger partial charge in [0, 0.05) is 13.1 Å². The van der Waals surface area contributed by atoms with Gasteiger partial charge in [0.2, 0.25) is 0 Å². The van der Waals surface area contributed by atoms with Crippen LogP contribution in [0.4, 0.5) is 0 Å². The molecule has 0 spiro atoms. The largest absolute Gasteiger partial charge is 0.471 e. The van der Waals surface area contributed by atoms with Gasteiger partial charge in [0.05, 0.1) is 23.9 Å². The molecule has 6 heteroatoms. The summed E-state index contributed by atoms with van der Waals surface area (Å²) in [6.07, 6.45) is 5.48. The molecule has 2 bridgehead atoms. The van der Waals surface area contributed by atoms with E-state index < -0.39 is 0 Å². The molecule has 2 aliphatic rings. The molecular formula is C20H27N3O2S. The molecule has 2 saturated heterocycles. The third-order valence-electron chi connectivity index (χ3n) is 5.70. The summed E-state index contributed by atoms with van der Waals surface area (Å²) in [5.74, 6) is 1.09. The van der Waals surface area contributed by atoms with Crippen molar-refractivity contribution in [2.24, 2.45) is 5.92 Å². The summed E-state index contributed by atoms with van der Waals surface area (Å²) < 4.78 is 14.9. The van der Waals surface area contributed by atoms with Crippen molar-refractivity contribution >= 4 is 11.7 Å². The van der Waals surface area contributed by atoms with Crippen LogP contribution in [-0.2, 0) is 13.0 Å². The number of piperidine rings is 1. The van der Waals surface area contributed by atoms with Crippen molar-refractivity contribution in [2.75, 3.05) is 13.1 Å². The van der Waals surface area contributed by atoms with Crippen molar-refractivity contribution in [1.82, 2.24) is 13.6 Å². The van der Waals surface area contributed by atoms with E-state index in [1.54, 1.807) is 0 Å². The third kappa shape index (κ3) is 3.77. The molecule has 2 aliphatic heterocycles. The Bertz CT molecular complexity index is 716. The fraction of sp³-hybridized carbons (Fsp3) is 0.600. The molecule has 2 fully saturated rings. The second-order valence-corrected chi connectivity index (χ2v) is 8.07. The zero-order valence-corrected chi connectivity index (χ0v) is 16.1. The van der Waals surface area contributed by atoms with E-state index in [0.29, 0.717) is 18.4 Å². The first-order chi connectivity index (χ1) is 12.7. The van der Waals surface area contributed by atoms with Crippen LogP contribution < -0.4 is 4.74 Å². The normalized spacial score (nSPS) is 27.6. The van der Waals surface area contributed by atoms with Crippen LogP contribution in [0.1, 0.15) is 55.5 Å². The van der Waals surface area contributed by atoms with E-state index in [4.69, 9.17) is 4.74 Å². The topological polar surface area (TPSA) is 58.5 Å². The number of nitrogens with zero attached hydrogens (tertiary/aromatic N) is 3. The summed E-state index contributed by atoms with van der Waals surface area (Å²) in [7, 11) is 0. The quantitative estimate of drug-likeness (QED) is 0.804. The Morgan fingerprint density at radius 3 is 2.77 bits per heavy atom. The maximum atomic E-state index is 10.1. The molecule has 1 N–H and O–H groups in total. The lowest BCUT2D eigenvalue weighted by Crippen LogP contribution is -2.31. The van der Waals surface area contributed by atoms with Crippen LogP contribution in [0.3, 0.4) is 0 Å². The molecule has 0 radical (unpaired) electrons. The number of rotatable bonds is 7. The Morgan fingerprint density at radius 2 is 1.96 bits per heavy atom. The molecular weight excluding hydrogens is 346 g/mol. The summed E-state index contributed by atoms with van der Waals surface area (Å²) in [5, 5.41) is 10.1.